The smallest absolute Gasteiger partial charge is 0.227 e. The van der Waals surface area contributed by atoms with Crippen LogP contribution in [0, 0.1) is 0 Å². The molecule has 0 radical (unpaired) electrons. The standard InChI is InChI=1S/C30H29N3O2/c34-30(18-24-11-8-16-31-19-24)33-21-26-13-4-6-14-28(26)32-20-25-12-5-7-15-29(25)35-22-27(33)17-23-9-2-1-3-10-23/h1-16,19,27,32H,17-18,20-22H2/t27-/m0/s1. The van der Waals surface area contributed by atoms with E-state index in [0.717, 1.165) is 28.1 Å². The van der Waals surface area contributed by atoms with Gasteiger partial charge in [-0.25, -0.2) is 0 Å². The Labute approximate surface area is 206 Å². The average Bonchev–Trinajstić information content (AvgIpc) is 2.93. The summed E-state index contributed by atoms with van der Waals surface area (Å²) in [6.45, 7) is 1.56. The average molecular weight is 464 g/mol. The molecule has 1 amide bonds. The minimum absolute atomic E-state index is 0.0601. The monoisotopic (exact) mass is 463 g/mol. The van der Waals surface area contributed by atoms with Gasteiger partial charge < -0.3 is 15.0 Å². The number of amides is 1. The van der Waals surface area contributed by atoms with Crippen LogP contribution in [0.1, 0.15) is 22.3 Å². The van der Waals surface area contributed by atoms with E-state index in [0.29, 0.717) is 32.5 Å². The summed E-state index contributed by atoms with van der Waals surface area (Å²) in [6.07, 6.45) is 4.49. The topological polar surface area (TPSA) is 54.5 Å². The van der Waals surface area contributed by atoms with Crippen LogP contribution in [0.25, 0.3) is 0 Å². The molecule has 1 N–H and O–H groups in total. The molecule has 0 saturated heterocycles. The number of aromatic nitrogens is 1. The Morgan fingerprint density at radius 3 is 2.46 bits per heavy atom. The van der Waals surface area contributed by atoms with Crippen molar-refractivity contribution in [1.82, 2.24) is 9.88 Å². The van der Waals surface area contributed by atoms with Crippen molar-refractivity contribution in [3.63, 3.8) is 0 Å². The zero-order valence-corrected chi connectivity index (χ0v) is 19.6. The van der Waals surface area contributed by atoms with E-state index in [1.807, 2.05) is 65.6 Å². The summed E-state index contributed by atoms with van der Waals surface area (Å²) in [4.78, 5) is 20.0. The molecule has 0 fully saturated rings. The lowest BCUT2D eigenvalue weighted by Gasteiger charge is -2.33. The number of fused-ring (bicyclic) bond motifs is 2. The lowest BCUT2D eigenvalue weighted by atomic mass is 10.0. The first-order chi connectivity index (χ1) is 17.3. The molecule has 0 bridgehead atoms. The Kier molecular flexibility index (Phi) is 7.04. The summed E-state index contributed by atoms with van der Waals surface area (Å²) < 4.78 is 6.39. The highest BCUT2D eigenvalue weighted by atomic mass is 16.5. The number of nitrogens with zero attached hydrogens (tertiary/aromatic N) is 2. The molecule has 0 aliphatic carbocycles. The van der Waals surface area contributed by atoms with Crippen LogP contribution in [0.15, 0.2) is 103 Å². The van der Waals surface area contributed by atoms with Gasteiger partial charge in [-0.15, -0.1) is 0 Å². The molecule has 5 heteroatoms. The molecular weight excluding hydrogens is 434 g/mol. The summed E-state index contributed by atoms with van der Waals surface area (Å²) in [5, 5.41) is 3.56. The van der Waals surface area contributed by atoms with Gasteiger partial charge in [0.2, 0.25) is 5.91 Å². The lowest BCUT2D eigenvalue weighted by molar-refractivity contribution is -0.134. The maximum absolute atomic E-state index is 13.8. The SMILES string of the molecule is O=C(Cc1cccnc1)N1Cc2ccccc2NCc2ccccc2OC[C@@H]1Cc1ccccc1. The number of pyridine rings is 1. The lowest BCUT2D eigenvalue weighted by Crippen LogP contribution is -2.45. The molecule has 5 nitrogen and oxygen atoms in total. The van der Waals surface area contributed by atoms with Crippen molar-refractivity contribution < 1.29 is 9.53 Å². The number of rotatable bonds is 4. The molecule has 1 atom stereocenters. The Morgan fingerprint density at radius 1 is 0.886 bits per heavy atom. The minimum atomic E-state index is -0.138. The number of hydrogen-bond acceptors (Lipinski definition) is 4. The number of nitrogens with one attached hydrogen (secondary N) is 1. The second-order valence-corrected chi connectivity index (χ2v) is 8.83. The number of ether oxygens (including phenoxy) is 1. The zero-order chi connectivity index (χ0) is 23.9. The maximum atomic E-state index is 13.8. The fourth-order valence-electron chi connectivity index (χ4n) is 4.53. The third-order valence-corrected chi connectivity index (χ3v) is 6.38. The van der Waals surface area contributed by atoms with Gasteiger partial charge >= 0.3 is 0 Å². The summed E-state index contributed by atoms with van der Waals surface area (Å²) >= 11 is 0. The van der Waals surface area contributed by atoms with Gasteiger partial charge in [-0.1, -0.05) is 72.8 Å². The molecule has 0 unspecified atom stereocenters. The zero-order valence-electron chi connectivity index (χ0n) is 19.6. The third kappa shape index (κ3) is 5.69. The molecule has 1 aliphatic heterocycles. The number of carbonyl (C=O) groups is 1. The largest absolute Gasteiger partial charge is 0.491 e. The molecule has 1 aliphatic rings. The molecule has 5 rings (SSSR count). The Morgan fingerprint density at radius 2 is 1.63 bits per heavy atom. The van der Waals surface area contributed by atoms with E-state index in [1.54, 1.807) is 12.4 Å². The molecule has 0 saturated carbocycles. The molecule has 0 spiro atoms. The van der Waals surface area contributed by atoms with E-state index in [1.165, 1.54) is 5.56 Å². The van der Waals surface area contributed by atoms with Gasteiger partial charge in [0.15, 0.2) is 0 Å². The second kappa shape index (κ2) is 10.9. The van der Waals surface area contributed by atoms with E-state index in [2.05, 4.69) is 40.6 Å². The normalized spacial score (nSPS) is 15.5. The summed E-state index contributed by atoms with van der Waals surface area (Å²) in [6, 6.07) is 30.3. The highest BCUT2D eigenvalue weighted by Gasteiger charge is 2.27. The van der Waals surface area contributed by atoms with E-state index in [4.69, 9.17) is 4.74 Å². The predicted molar refractivity (Wildman–Crippen MR) is 138 cm³/mol. The molecule has 3 aromatic carbocycles. The minimum Gasteiger partial charge on any atom is -0.491 e. The Bertz CT molecular complexity index is 1260. The van der Waals surface area contributed by atoms with Gasteiger partial charge in [-0.2, -0.15) is 0 Å². The predicted octanol–water partition coefficient (Wildman–Crippen LogP) is 5.27. The number of anilines is 1. The highest BCUT2D eigenvalue weighted by molar-refractivity contribution is 5.79. The molecule has 4 aromatic rings. The van der Waals surface area contributed by atoms with Crippen LogP contribution in [0.3, 0.4) is 0 Å². The van der Waals surface area contributed by atoms with Gasteiger partial charge in [0.1, 0.15) is 12.4 Å². The van der Waals surface area contributed by atoms with Crippen molar-refractivity contribution in [2.45, 2.75) is 32.0 Å². The van der Waals surface area contributed by atoms with Crippen LogP contribution in [0.5, 0.6) is 5.75 Å². The fourth-order valence-corrected chi connectivity index (χ4v) is 4.53. The van der Waals surface area contributed by atoms with Gasteiger partial charge in [0.05, 0.1) is 12.5 Å². The highest BCUT2D eigenvalue weighted by Crippen LogP contribution is 2.26. The molecule has 1 aromatic heterocycles. The van der Waals surface area contributed by atoms with Crippen molar-refractivity contribution in [2.75, 3.05) is 11.9 Å². The molecule has 176 valence electrons. The molecular formula is C30H29N3O2. The van der Waals surface area contributed by atoms with Crippen LogP contribution in [0.2, 0.25) is 0 Å². The van der Waals surface area contributed by atoms with Crippen molar-refractivity contribution in [1.29, 1.82) is 0 Å². The first-order valence-corrected chi connectivity index (χ1v) is 12.0. The maximum Gasteiger partial charge on any atom is 0.227 e. The van der Waals surface area contributed by atoms with Crippen molar-refractivity contribution >= 4 is 11.6 Å². The Balaban J connectivity index is 1.54. The van der Waals surface area contributed by atoms with E-state index >= 15 is 0 Å². The van der Waals surface area contributed by atoms with Crippen LogP contribution >= 0.6 is 0 Å². The van der Waals surface area contributed by atoms with Gasteiger partial charge in [-0.05, 0) is 41.3 Å². The third-order valence-electron chi connectivity index (χ3n) is 6.38. The van der Waals surface area contributed by atoms with Crippen LogP contribution in [0.4, 0.5) is 5.69 Å². The van der Waals surface area contributed by atoms with Crippen LogP contribution < -0.4 is 10.1 Å². The van der Waals surface area contributed by atoms with Crippen LogP contribution in [-0.4, -0.2) is 28.4 Å². The van der Waals surface area contributed by atoms with Crippen molar-refractivity contribution in [2.24, 2.45) is 0 Å². The summed E-state index contributed by atoms with van der Waals surface area (Å²) in [5.74, 6) is 0.905. The molecule has 35 heavy (non-hydrogen) atoms. The van der Waals surface area contributed by atoms with Crippen molar-refractivity contribution in [3.05, 3.63) is 126 Å². The van der Waals surface area contributed by atoms with E-state index in [9.17, 15) is 4.79 Å². The number of carbonyl (C=O) groups excluding carboxylic acids is 1. The van der Waals surface area contributed by atoms with Gasteiger partial charge in [0, 0.05) is 36.7 Å². The van der Waals surface area contributed by atoms with Crippen molar-refractivity contribution in [3.8, 4) is 5.75 Å². The van der Waals surface area contributed by atoms with Gasteiger partial charge in [0.25, 0.3) is 0 Å². The van der Waals surface area contributed by atoms with Crippen LogP contribution in [-0.2, 0) is 30.7 Å². The summed E-state index contributed by atoms with van der Waals surface area (Å²) in [5.41, 5.74) is 5.29. The number of hydrogen-bond donors (Lipinski definition) is 1. The first kappa shape index (κ1) is 22.7. The van der Waals surface area contributed by atoms with Gasteiger partial charge in [-0.3, -0.25) is 9.78 Å². The first-order valence-electron chi connectivity index (χ1n) is 12.0. The van der Waals surface area contributed by atoms with E-state index in [-0.39, 0.29) is 11.9 Å². The molecule has 2 heterocycles. The quantitative estimate of drug-likeness (QED) is 0.448. The summed E-state index contributed by atoms with van der Waals surface area (Å²) in [7, 11) is 0. The number of benzene rings is 3. The fraction of sp³-hybridized carbons (Fsp3) is 0.200. The second-order valence-electron chi connectivity index (χ2n) is 8.83. The van der Waals surface area contributed by atoms with E-state index < -0.39 is 0 Å². The Hall–Kier alpha value is -4.12. The number of para-hydroxylation sites is 2.